The number of nitrogens with zero attached hydrogens (tertiary/aromatic N) is 2. The lowest BCUT2D eigenvalue weighted by Crippen LogP contribution is -2.34. The van der Waals surface area contributed by atoms with Crippen LogP contribution in [0.25, 0.3) is 0 Å². The van der Waals surface area contributed by atoms with Gasteiger partial charge in [0.25, 0.3) is 0 Å². The Morgan fingerprint density at radius 2 is 1.83 bits per heavy atom. The third-order valence-corrected chi connectivity index (χ3v) is 3.73. The van der Waals surface area contributed by atoms with E-state index in [0.717, 1.165) is 12.0 Å². The van der Waals surface area contributed by atoms with E-state index in [1.54, 1.807) is 17.3 Å². The van der Waals surface area contributed by atoms with E-state index < -0.39 is 0 Å². The van der Waals surface area contributed by atoms with Gasteiger partial charge in [0, 0.05) is 45.4 Å². The molecule has 0 unspecified atom stereocenters. The van der Waals surface area contributed by atoms with Gasteiger partial charge in [-0.1, -0.05) is 36.4 Å². The summed E-state index contributed by atoms with van der Waals surface area (Å²) in [7, 11) is 0. The molecule has 1 N–H and O–H groups in total. The van der Waals surface area contributed by atoms with E-state index >= 15 is 0 Å². The summed E-state index contributed by atoms with van der Waals surface area (Å²) in [4.78, 5) is 29.4. The lowest BCUT2D eigenvalue weighted by Gasteiger charge is -2.20. The standard InChI is InChI=1S/C19H23N3O2/c1-16(23)22(15-18-8-5-11-20-14-18)13-10-19(24)21-12-9-17-6-3-2-4-7-17/h2-8,11,14H,9-10,12-13,15H2,1H3,(H,21,24). The van der Waals surface area contributed by atoms with Crippen LogP contribution in [0, 0.1) is 0 Å². The zero-order valence-corrected chi connectivity index (χ0v) is 13.9. The van der Waals surface area contributed by atoms with Crippen molar-refractivity contribution in [3.63, 3.8) is 0 Å². The molecule has 0 spiro atoms. The van der Waals surface area contributed by atoms with E-state index in [1.165, 1.54) is 12.5 Å². The number of benzene rings is 1. The van der Waals surface area contributed by atoms with Crippen molar-refractivity contribution in [3.05, 3.63) is 66.0 Å². The van der Waals surface area contributed by atoms with E-state index in [9.17, 15) is 9.59 Å². The lowest BCUT2D eigenvalue weighted by atomic mass is 10.1. The van der Waals surface area contributed by atoms with Crippen molar-refractivity contribution in [3.8, 4) is 0 Å². The highest BCUT2D eigenvalue weighted by molar-refractivity contribution is 5.78. The van der Waals surface area contributed by atoms with Crippen LogP contribution in [0.15, 0.2) is 54.9 Å². The highest BCUT2D eigenvalue weighted by atomic mass is 16.2. The molecule has 2 amide bonds. The Morgan fingerprint density at radius 3 is 2.50 bits per heavy atom. The average molecular weight is 325 g/mol. The van der Waals surface area contributed by atoms with Crippen molar-refractivity contribution in [2.45, 2.75) is 26.3 Å². The van der Waals surface area contributed by atoms with E-state index in [0.29, 0.717) is 26.1 Å². The van der Waals surface area contributed by atoms with Crippen LogP contribution in [-0.2, 0) is 22.6 Å². The Balaban J connectivity index is 1.73. The number of carbonyl (C=O) groups is 2. The second kappa shape index (κ2) is 9.45. The van der Waals surface area contributed by atoms with Gasteiger partial charge >= 0.3 is 0 Å². The molecule has 0 fully saturated rings. The average Bonchev–Trinajstić information content (AvgIpc) is 2.60. The number of aromatic nitrogens is 1. The molecular formula is C19H23N3O2. The molecule has 2 rings (SSSR count). The predicted octanol–water partition coefficient (Wildman–Crippen LogP) is 2.18. The Morgan fingerprint density at radius 1 is 1.08 bits per heavy atom. The molecule has 0 bridgehead atoms. The fourth-order valence-corrected chi connectivity index (χ4v) is 2.38. The number of amides is 2. The van der Waals surface area contributed by atoms with Crippen LogP contribution in [0.2, 0.25) is 0 Å². The molecule has 0 aliphatic heterocycles. The van der Waals surface area contributed by atoms with Gasteiger partial charge in [-0.15, -0.1) is 0 Å². The molecule has 0 saturated carbocycles. The SMILES string of the molecule is CC(=O)N(CCC(=O)NCCc1ccccc1)Cc1cccnc1. The second-order valence-electron chi connectivity index (χ2n) is 5.64. The summed E-state index contributed by atoms with van der Waals surface area (Å²) < 4.78 is 0. The summed E-state index contributed by atoms with van der Waals surface area (Å²) in [6.07, 6.45) is 4.53. The van der Waals surface area contributed by atoms with Gasteiger partial charge in [-0.05, 0) is 23.6 Å². The van der Waals surface area contributed by atoms with Crippen LogP contribution < -0.4 is 5.32 Å². The van der Waals surface area contributed by atoms with Gasteiger partial charge in [0.2, 0.25) is 11.8 Å². The molecule has 0 saturated heterocycles. The van der Waals surface area contributed by atoms with Gasteiger partial charge in [0.1, 0.15) is 0 Å². The maximum absolute atomic E-state index is 12.0. The van der Waals surface area contributed by atoms with Gasteiger partial charge < -0.3 is 10.2 Å². The molecule has 5 nitrogen and oxygen atoms in total. The van der Waals surface area contributed by atoms with E-state index in [-0.39, 0.29) is 11.8 Å². The first-order chi connectivity index (χ1) is 11.6. The van der Waals surface area contributed by atoms with Crippen LogP contribution in [0.3, 0.4) is 0 Å². The zero-order chi connectivity index (χ0) is 17.2. The maximum Gasteiger partial charge on any atom is 0.221 e. The summed E-state index contributed by atoms with van der Waals surface area (Å²) in [6.45, 7) is 3.00. The number of pyridine rings is 1. The van der Waals surface area contributed by atoms with E-state index in [4.69, 9.17) is 0 Å². The Hall–Kier alpha value is -2.69. The molecule has 126 valence electrons. The number of rotatable bonds is 8. The largest absolute Gasteiger partial charge is 0.356 e. The minimum atomic E-state index is -0.0454. The first-order valence-electron chi connectivity index (χ1n) is 8.10. The van der Waals surface area contributed by atoms with Crippen molar-refractivity contribution in [2.24, 2.45) is 0 Å². The van der Waals surface area contributed by atoms with Crippen LogP contribution in [0.1, 0.15) is 24.5 Å². The van der Waals surface area contributed by atoms with Crippen LogP contribution in [0.4, 0.5) is 0 Å². The molecule has 0 aliphatic rings. The topological polar surface area (TPSA) is 62.3 Å². The van der Waals surface area contributed by atoms with E-state index in [2.05, 4.69) is 10.3 Å². The molecule has 1 aromatic carbocycles. The molecular weight excluding hydrogens is 302 g/mol. The fraction of sp³-hybridized carbons (Fsp3) is 0.316. The van der Waals surface area contributed by atoms with E-state index in [1.807, 2.05) is 42.5 Å². The molecule has 0 atom stereocenters. The summed E-state index contributed by atoms with van der Waals surface area (Å²) in [5.74, 6) is -0.0840. The van der Waals surface area contributed by atoms with Gasteiger partial charge in [0.05, 0.1) is 0 Å². The molecule has 0 aliphatic carbocycles. The number of hydrogen-bond acceptors (Lipinski definition) is 3. The van der Waals surface area contributed by atoms with Crippen molar-refractivity contribution in [2.75, 3.05) is 13.1 Å². The summed E-state index contributed by atoms with van der Waals surface area (Å²) in [5.41, 5.74) is 2.15. The van der Waals surface area contributed by atoms with Crippen molar-refractivity contribution in [1.82, 2.24) is 15.2 Å². The number of hydrogen-bond donors (Lipinski definition) is 1. The lowest BCUT2D eigenvalue weighted by molar-refractivity contribution is -0.130. The Labute approximate surface area is 142 Å². The van der Waals surface area contributed by atoms with Gasteiger partial charge in [0.15, 0.2) is 0 Å². The van der Waals surface area contributed by atoms with Crippen molar-refractivity contribution < 1.29 is 9.59 Å². The molecule has 0 radical (unpaired) electrons. The van der Waals surface area contributed by atoms with Crippen LogP contribution >= 0.6 is 0 Å². The molecule has 24 heavy (non-hydrogen) atoms. The summed E-state index contributed by atoms with van der Waals surface area (Å²) >= 11 is 0. The zero-order valence-electron chi connectivity index (χ0n) is 13.9. The van der Waals surface area contributed by atoms with Crippen LogP contribution in [0.5, 0.6) is 0 Å². The van der Waals surface area contributed by atoms with Gasteiger partial charge in [-0.3, -0.25) is 14.6 Å². The maximum atomic E-state index is 12.0. The third kappa shape index (κ3) is 6.20. The summed E-state index contributed by atoms with van der Waals surface area (Å²) in [6, 6.07) is 13.8. The summed E-state index contributed by atoms with van der Waals surface area (Å²) in [5, 5.41) is 2.90. The monoisotopic (exact) mass is 325 g/mol. The number of nitrogens with one attached hydrogen (secondary N) is 1. The number of carbonyl (C=O) groups excluding carboxylic acids is 2. The fourth-order valence-electron chi connectivity index (χ4n) is 2.38. The quantitative estimate of drug-likeness (QED) is 0.809. The molecule has 5 heteroatoms. The highest BCUT2D eigenvalue weighted by Gasteiger charge is 2.11. The minimum absolute atomic E-state index is 0.0385. The normalized spacial score (nSPS) is 10.2. The Bertz CT molecular complexity index is 644. The van der Waals surface area contributed by atoms with Gasteiger partial charge in [-0.25, -0.2) is 0 Å². The Kier molecular flexibility index (Phi) is 6.95. The predicted molar refractivity (Wildman–Crippen MR) is 93.1 cm³/mol. The second-order valence-corrected chi connectivity index (χ2v) is 5.64. The molecule has 1 heterocycles. The highest BCUT2D eigenvalue weighted by Crippen LogP contribution is 2.04. The molecule has 1 aromatic heterocycles. The van der Waals surface area contributed by atoms with Crippen LogP contribution in [-0.4, -0.2) is 34.8 Å². The minimum Gasteiger partial charge on any atom is -0.356 e. The van der Waals surface area contributed by atoms with Gasteiger partial charge in [-0.2, -0.15) is 0 Å². The molecule has 2 aromatic rings. The van der Waals surface area contributed by atoms with Crippen molar-refractivity contribution >= 4 is 11.8 Å². The smallest absolute Gasteiger partial charge is 0.221 e. The first kappa shape index (κ1) is 17.7. The first-order valence-corrected chi connectivity index (χ1v) is 8.10. The third-order valence-electron chi connectivity index (χ3n) is 3.73. The van der Waals surface area contributed by atoms with Crippen molar-refractivity contribution in [1.29, 1.82) is 0 Å².